The van der Waals surface area contributed by atoms with E-state index >= 15 is 0 Å². The van der Waals surface area contributed by atoms with Crippen LogP contribution >= 0.6 is 23.2 Å². The average molecular weight is 445 g/mol. The fraction of sp³-hybridized carbons (Fsp3) is 0.222. The van der Waals surface area contributed by atoms with Gasteiger partial charge in [0.2, 0.25) is 15.9 Å². The van der Waals surface area contributed by atoms with Crippen LogP contribution in [-0.4, -0.2) is 39.7 Å². The van der Waals surface area contributed by atoms with Crippen LogP contribution in [0, 0.1) is 0 Å². The van der Waals surface area contributed by atoms with Gasteiger partial charge in [-0.25, -0.2) is 13.2 Å². The first-order valence-corrected chi connectivity index (χ1v) is 10.6. The Hall–Kier alpha value is -2.29. The second-order valence-corrected chi connectivity index (χ2v) is 8.59. The molecule has 0 aliphatic heterocycles. The molecule has 7 nitrogen and oxygen atoms in total. The molecule has 0 aliphatic rings. The molecule has 1 amide bonds. The monoisotopic (exact) mass is 444 g/mol. The Kier molecular flexibility index (Phi) is 6.92. The van der Waals surface area contributed by atoms with Gasteiger partial charge in [0.05, 0.1) is 35.3 Å². The Labute approximate surface area is 173 Å². The summed E-state index contributed by atoms with van der Waals surface area (Å²) in [4.78, 5) is 24.4. The lowest BCUT2D eigenvalue weighted by molar-refractivity contribution is -0.116. The average Bonchev–Trinajstić information content (AvgIpc) is 2.63. The van der Waals surface area contributed by atoms with E-state index in [0.717, 1.165) is 10.6 Å². The highest BCUT2D eigenvalue weighted by atomic mass is 35.5. The number of benzene rings is 2. The SMILES string of the molecule is COC(=O)c1ccc(Cl)c(NC(=O)[C@H](C)N(c2ccc(Cl)cc2)S(C)(=O)=O)c1. The number of halogens is 2. The summed E-state index contributed by atoms with van der Waals surface area (Å²) in [5.41, 5.74) is 0.627. The van der Waals surface area contributed by atoms with Crippen LogP contribution in [0.4, 0.5) is 11.4 Å². The number of nitrogens with one attached hydrogen (secondary N) is 1. The van der Waals surface area contributed by atoms with Gasteiger partial charge in [0.15, 0.2) is 0 Å². The van der Waals surface area contributed by atoms with Crippen molar-refractivity contribution < 1.29 is 22.7 Å². The van der Waals surface area contributed by atoms with Gasteiger partial charge in [-0.05, 0) is 49.4 Å². The van der Waals surface area contributed by atoms with Crippen molar-refractivity contribution in [3.63, 3.8) is 0 Å². The number of sulfonamides is 1. The summed E-state index contributed by atoms with van der Waals surface area (Å²) in [6, 6.07) is 9.18. The largest absolute Gasteiger partial charge is 0.465 e. The second-order valence-electron chi connectivity index (χ2n) is 5.89. The Balaban J connectivity index is 2.34. The van der Waals surface area contributed by atoms with Crippen molar-refractivity contribution in [3.05, 3.63) is 58.1 Å². The summed E-state index contributed by atoms with van der Waals surface area (Å²) in [6.45, 7) is 1.43. The molecule has 0 aromatic heterocycles. The molecule has 0 aliphatic carbocycles. The molecular formula is C18H18Cl2N2O5S. The van der Waals surface area contributed by atoms with Gasteiger partial charge in [-0.15, -0.1) is 0 Å². The zero-order chi connectivity index (χ0) is 21.1. The van der Waals surface area contributed by atoms with E-state index in [9.17, 15) is 18.0 Å². The molecular weight excluding hydrogens is 427 g/mol. The Morgan fingerprint density at radius 2 is 1.71 bits per heavy atom. The van der Waals surface area contributed by atoms with E-state index in [1.54, 1.807) is 0 Å². The van der Waals surface area contributed by atoms with Crippen LogP contribution in [0.25, 0.3) is 0 Å². The minimum Gasteiger partial charge on any atom is -0.465 e. The Bertz CT molecular complexity index is 994. The predicted molar refractivity (Wildman–Crippen MR) is 110 cm³/mol. The van der Waals surface area contributed by atoms with Crippen LogP contribution in [0.2, 0.25) is 10.0 Å². The van der Waals surface area contributed by atoms with E-state index < -0.39 is 27.9 Å². The minimum absolute atomic E-state index is 0.158. The number of hydrogen-bond acceptors (Lipinski definition) is 5. The van der Waals surface area contributed by atoms with Crippen molar-refractivity contribution in [3.8, 4) is 0 Å². The number of ether oxygens (including phenoxy) is 1. The summed E-state index contributed by atoms with van der Waals surface area (Å²) in [7, 11) is -2.55. The quantitative estimate of drug-likeness (QED) is 0.687. The molecule has 10 heteroatoms. The molecule has 1 N–H and O–H groups in total. The number of esters is 1. The molecule has 0 bridgehead atoms. The molecule has 2 aromatic carbocycles. The molecule has 1 atom stereocenters. The third kappa shape index (κ3) is 5.15. The number of nitrogens with zero attached hydrogens (tertiary/aromatic N) is 1. The molecule has 0 heterocycles. The van der Waals surface area contributed by atoms with E-state index in [4.69, 9.17) is 23.2 Å². The molecule has 0 unspecified atom stereocenters. The normalized spacial score (nSPS) is 12.2. The smallest absolute Gasteiger partial charge is 0.337 e. The van der Waals surface area contributed by atoms with E-state index in [2.05, 4.69) is 10.1 Å². The Morgan fingerprint density at radius 3 is 2.25 bits per heavy atom. The van der Waals surface area contributed by atoms with Gasteiger partial charge in [-0.1, -0.05) is 23.2 Å². The third-order valence-corrected chi connectivity index (χ3v) is 5.64. The van der Waals surface area contributed by atoms with Crippen LogP contribution in [-0.2, 0) is 19.6 Å². The molecule has 0 saturated heterocycles. The fourth-order valence-electron chi connectivity index (χ4n) is 2.50. The zero-order valence-electron chi connectivity index (χ0n) is 15.3. The van der Waals surface area contributed by atoms with Gasteiger partial charge in [0, 0.05) is 5.02 Å². The van der Waals surface area contributed by atoms with Gasteiger partial charge >= 0.3 is 5.97 Å². The van der Waals surface area contributed by atoms with Crippen LogP contribution in [0.3, 0.4) is 0 Å². The first kappa shape index (κ1) is 22.0. The standard InChI is InChI=1S/C18H18Cl2N2O5S/c1-11(22(28(3,25)26)14-7-5-13(19)6-8-14)17(23)21-16-10-12(18(24)27-2)4-9-15(16)20/h4-11H,1-3H3,(H,21,23)/t11-/m0/s1. The maximum atomic E-state index is 12.7. The summed E-state index contributed by atoms with van der Waals surface area (Å²) < 4.78 is 30.2. The molecule has 0 fully saturated rings. The maximum absolute atomic E-state index is 12.7. The fourth-order valence-corrected chi connectivity index (χ4v) is 3.97. The van der Waals surface area contributed by atoms with E-state index in [0.29, 0.717) is 5.02 Å². The van der Waals surface area contributed by atoms with Crippen molar-refractivity contribution in [2.45, 2.75) is 13.0 Å². The number of carbonyl (C=O) groups excluding carboxylic acids is 2. The van der Waals surface area contributed by atoms with Gasteiger partial charge < -0.3 is 10.1 Å². The predicted octanol–water partition coefficient (Wildman–Crippen LogP) is 3.57. The van der Waals surface area contributed by atoms with Crippen molar-refractivity contribution in [2.24, 2.45) is 0 Å². The zero-order valence-corrected chi connectivity index (χ0v) is 17.6. The lowest BCUT2D eigenvalue weighted by Gasteiger charge is -2.28. The number of anilines is 2. The number of carbonyl (C=O) groups is 2. The van der Waals surface area contributed by atoms with Crippen molar-refractivity contribution in [2.75, 3.05) is 23.0 Å². The van der Waals surface area contributed by atoms with Crippen LogP contribution in [0.5, 0.6) is 0 Å². The van der Waals surface area contributed by atoms with Gasteiger partial charge in [-0.3, -0.25) is 9.10 Å². The first-order chi connectivity index (χ1) is 13.0. The van der Waals surface area contributed by atoms with Crippen LogP contribution in [0.1, 0.15) is 17.3 Å². The van der Waals surface area contributed by atoms with Crippen molar-refractivity contribution >= 4 is 56.5 Å². The molecule has 150 valence electrons. The van der Waals surface area contributed by atoms with Crippen molar-refractivity contribution in [1.82, 2.24) is 0 Å². The minimum atomic E-state index is -3.78. The van der Waals surface area contributed by atoms with Gasteiger partial charge in [-0.2, -0.15) is 0 Å². The number of amides is 1. The summed E-state index contributed by atoms with van der Waals surface area (Å²) >= 11 is 11.9. The summed E-state index contributed by atoms with van der Waals surface area (Å²) in [5.74, 6) is -1.23. The summed E-state index contributed by atoms with van der Waals surface area (Å²) in [6.07, 6.45) is 0.996. The highest BCUT2D eigenvalue weighted by molar-refractivity contribution is 7.92. The topological polar surface area (TPSA) is 92.8 Å². The number of methoxy groups -OCH3 is 1. The molecule has 0 radical (unpaired) electrons. The second kappa shape index (κ2) is 8.81. The highest BCUT2D eigenvalue weighted by Crippen LogP contribution is 2.26. The van der Waals surface area contributed by atoms with E-state index in [1.165, 1.54) is 56.5 Å². The van der Waals surface area contributed by atoms with Crippen LogP contribution in [0.15, 0.2) is 42.5 Å². The van der Waals surface area contributed by atoms with Gasteiger partial charge in [0.1, 0.15) is 6.04 Å². The lowest BCUT2D eigenvalue weighted by atomic mass is 10.2. The maximum Gasteiger partial charge on any atom is 0.337 e. The molecule has 28 heavy (non-hydrogen) atoms. The molecule has 0 spiro atoms. The van der Waals surface area contributed by atoms with E-state index in [-0.39, 0.29) is 22.0 Å². The Morgan fingerprint density at radius 1 is 1.11 bits per heavy atom. The third-order valence-electron chi connectivity index (χ3n) is 3.81. The van der Waals surface area contributed by atoms with Gasteiger partial charge in [0.25, 0.3) is 0 Å². The van der Waals surface area contributed by atoms with E-state index in [1.807, 2.05) is 0 Å². The van der Waals surface area contributed by atoms with Crippen molar-refractivity contribution in [1.29, 1.82) is 0 Å². The highest BCUT2D eigenvalue weighted by Gasteiger charge is 2.29. The molecule has 0 saturated carbocycles. The summed E-state index contributed by atoms with van der Waals surface area (Å²) in [5, 5.41) is 3.17. The van der Waals surface area contributed by atoms with Crippen LogP contribution < -0.4 is 9.62 Å². The lowest BCUT2D eigenvalue weighted by Crippen LogP contribution is -2.45. The molecule has 2 aromatic rings. The number of hydrogen-bond donors (Lipinski definition) is 1. The first-order valence-electron chi connectivity index (χ1n) is 7.98. The molecule has 2 rings (SSSR count). The number of rotatable bonds is 6.